The highest BCUT2D eigenvalue weighted by molar-refractivity contribution is 5.55. The number of rotatable bonds is 2. The van der Waals surface area contributed by atoms with Gasteiger partial charge >= 0.3 is 0 Å². The van der Waals surface area contributed by atoms with Gasteiger partial charge in [0, 0.05) is 11.9 Å². The van der Waals surface area contributed by atoms with E-state index in [1.165, 1.54) is 0 Å². The Labute approximate surface area is 93.7 Å². The molecule has 2 aromatic heterocycles. The molecule has 0 aliphatic rings. The lowest BCUT2D eigenvalue weighted by Crippen LogP contribution is -2.30. The molecule has 2 heterocycles. The average Bonchev–Trinajstić information content (AvgIpc) is 2.66. The molecule has 2 aromatic rings. The van der Waals surface area contributed by atoms with E-state index >= 15 is 0 Å². The zero-order chi connectivity index (χ0) is 11.8. The first-order chi connectivity index (χ1) is 7.48. The standard InChI is InChI=1S/C11H14N4O/c1-7-8(5-4-6-13-7)9-14-10(15-16-9)11(2,3)12/h4-6H,12H2,1-3H3. The molecule has 0 spiro atoms. The van der Waals surface area contributed by atoms with Gasteiger partial charge in [0.1, 0.15) is 0 Å². The number of aromatic nitrogens is 3. The number of pyridine rings is 1. The van der Waals surface area contributed by atoms with Crippen molar-refractivity contribution >= 4 is 0 Å². The molecular weight excluding hydrogens is 204 g/mol. The van der Waals surface area contributed by atoms with Crippen LogP contribution in [0, 0.1) is 6.92 Å². The van der Waals surface area contributed by atoms with Gasteiger partial charge in [-0.2, -0.15) is 4.98 Å². The minimum absolute atomic E-state index is 0.458. The van der Waals surface area contributed by atoms with Crippen molar-refractivity contribution in [3.63, 3.8) is 0 Å². The van der Waals surface area contributed by atoms with Crippen LogP contribution in [-0.2, 0) is 5.54 Å². The van der Waals surface area contributed by atoms with Gasteiger partial charge in [-0.3, -0.25) is 4.98 Å². The first kappa shape index (κ1) is 10.8. The molecule has 5 heteroatoms. The summed E-state index contributed by atoms with van der Waals surface area (Å²) in [5, 5.41) is 3.87. The predicted octanol–water partition coefficient (Wildman–Crippen LogP) is 1.63. The molecule has 84 valence electrons. The zero-order valence-electron chi connectivity index (χ0n) is 9.56. The van der Waals surface area contributed by atoms with E-state index in [1.54, 1.807) is 6.20 Å². The normalized spacial score (nSPS) is 11.8. The molecule has 5 nitrogen and oxygen atoms in total. The Hall–Kier alpha value is -1.75. The Morgan fingerprint density at radius 1 is 1.38 bits per heavy atom. The number of nitrogens with zero attached hydrogens (tertiary/aromatic N) is 3. The highest BCUT2D eigenvalue weighted by atomic mass is 16.5. The molecule has 0 saturated carbocycles. The largest absolute Gasteiger partial charge is 0.334 e. The SMILES string of the molecule is Cc1ncccc1-c1nc(C(C)(C)N)no1. The van der Waals surface area contributed by atoms with Crippen LogP contribution in [0.2, 0.25) is 0 Å². The van der Waals surface area contributed by atoms with Gasteiger partial charge in [0.2, 0.25) is 0 Å². The van der Waals surface area contributed by atoms with Crippen LogP contribution in [0.4, 0.5) is 0 Å². The van der Waals surface area contributed by atoms with E-state index in [-0.39, 0.29) is 0 Å². The van der Waals surface area contributed by atoms with E-state index < -0.39 is 5.54 Å². The summed E-state index contributed by atoms with van der Waals surface area (Å²) in [7, 11) is 0. The molecular formula is C11H14N4O. The quantitative estimate of drug-likeness (QED) is 0.828. The maximum absolute atomic E-state index is 5.89. The van der Waals surface area contributed by atoms with Crippen LogP contribution in [0.1, 0.15) is 25.4 Å². The summed E-state index contributed by atoms with van der Waals surface area (Å²) in [5.41, 5.74) is 6.98. The Morgan fingerprint density at radius 3 is 2.69 bits per heavy atom. The number of aryl methyl sites for hydroxylation is 1. The fraction of sp³-hybridized carbons (Fsp3) is 0.364. The van der Waals surface area contributed by atoms with Crippen molar-refractivity contribution in [2.45, 2.75) is 26.3 Å². The van der Waals surface area contributed by atoms with Crippen LogP contribution in [0.3, 0.4) is 0 Å². The molecule has 0 bridgehead atoms. The van der Waals surface area contributed by atoms with Gasteiger partial charge in [0.25, 0.3) is 5.89 Å². The maximum atomic E-state index is 5.89. The third-order valence-electron chi connectivity index (χ3n) is 2.24. The molecule has 0 amide bonds. The third-order valence-corrected chi connectivity index (χ3v) is 2.24. The van der Waals surface area contributed by atoms with Gasteiger partial charge in [-0.25, -0.2) is 0 Å². The van der Waals surface area contributed by atoms with Gasteiger partial charge in [-0.1, -0.05) is 5.16 Å². The lowest BCUT2D eigenvalue weighted by Gasteiger charge is -2.11. The Balaban J connectivity index is 2.44. The van der Waals surface area contributed by atoms with Crippen LogP contribution < -0.4 is 5.73 Å². The third kappa shape index (κ3) is 1.94. The average molecular weight is 218 g/mol. The van der Waals surface area contributed by atoms with Crippen molar-refractivity contribution in [2.24, 2.45) is 5.73 Å². The first-order valence-electron chi connectivity index (χ1n) is 5.03. The second-order valence-corrected chi connectivity index (χ2v) is 4.28. The van der Waals surface area contributed by atoms with E-state index in [0.717, 1.165) is 11.3 Å². The van der Waals surface area contributed by atoms with Crippen molar-refractivity contribution in [1.82, 2.24) is 15.1 Å². The smallest absolute Gasteiger partial charge is 0.259 e. The summed E-state index contributed by atoms with van der Waals surface area (Å²) in [6.45, 7) is 5.56. The fourth-order valence-electron chi connectivity index (χ4n) is 1.30. The Kier molecular flexibility index (Phi) is 2.47. The molecule has 2 N–H and O–H groups in total. The molecule has 0 saturated heterocycles. The molecule has 16 heavy (non-hydrogen) atoms. The Morgan fingerprint density at radius 2 is 2.12 bits per heavy atom. The number of hydrogen-bond acceptors (Lipinski definition) is 5. The molecule has 0 aromatic carbocycles. The van der Waals surface area contributed by atoms with Gasteiger partial charge in [0.15, 0.2) is 5.82 Å². The van der Waals surface area contributed by atoms with E-state index in [2.05, 4.69) is 15.1 Å². The topological polar surface area (TPSA) is 77.8 Å². The summed E-state index contributed by atoms with van der Waals surface area (Å²) in [6, 6.07) is 3.73. The second-order valence-electron chi connectivity index (χ2n) is 4.28. The molecule has 0 fully saturated rings. The molecule has 0 aliphatic carbocycles. The van der Waals surface area contributed by atoms with Gasteiger partial charge in [0.05, 0.1) is 11.1 Å². The summed E-state index contributed by atoms with van der Waals surface area (Å²) in [6.07, 6.45) is 1.73. The molecule has 0 unspecified atom stereocenters. The minimum Gasteiger partial charge on any atom is -0.334 e. The second kappa shape index (κ2) is 3.68. The van der Waals surface area contributed by atoms with Crippen LogP contribution in [-0.4, -0.2) is 15.1 Å². The van der Waals surface area contributed by atoms with Crippen molar-refractivity contribution in [2.75, 3.05) is 0 Å². The molecule has 0 aliphatic heterocycles. The van der Waals surface area contributed by atoms with E-state index in [1.807, 2.05) is 32.9 Å². The number of hydrogen-bond donors (Lipinski definition) is 1. The van der Waals surface area contributed by atoms with Gasteiger partial charge in [-0.05, 0) is 32.9 Å². The molecule has 0 atom stereocenters. The van der Waals surface area contributed by atoms with Crippen molar-refractivity contribution in [3.05, 3.63) is 29.8 Å². The van der Waals surface area contributed by atoms with E-state index in [4.69, 9.17) is 10.3 Å². The monoisotopic (exact) mass is 218 g/mol. The summed E-state index contributed by atoms with van der Waals surface area (Å²) in [4.78, 5) is 8.44. The molecule has 0 radical (unpaired) electrons. The highest BCUT2D eigenvalue weighted by Crippen LogP contribution is 2.22. The summed E-state index contributed by atoms with van der Waals surface area (Å²) >= 11 is 0. The lowest BCUT2D eigenvalue weighted by atomic mass is 10.1. The maximum Gasteiger partial charge on any atom is 0.259 e. The number of nitrogens with two attached hydrogens (primary N) is 1. The Bertz CT molecular complexity index is 499. The highest BCUT2D eigenvalue weighted by Gasteiger charge is 2.22. The van der Waals surface area contributed by atoms with Crippen LogP contribution in [0.15, 0.2) is 22.9 Å². The fourth-order valence-corrected chi connectivity index (χ4v) is 1.30. The minimum atomic E-state index is -0.599. The zero-order valence-corrected chi connectivity index (χ0v) is 9.56. The molecule has 2 rings (SSSR count). The first-order valence-corrected chi connectivity index (χ1v) is 5.03. The van der Waals surface area contributed by atoms with Crippen LogP contribution in [0.5, 0.6) is 0 Å². The van der Waals surface area contributed by atoms with E-state index in [0.29, 0.717) is 11.7 Å². The summed E-state index contributed by atoms with van der Waals surface area (Å²) in [5.74, 6) is 0.949. The lowest BCUT2D eigenvalue weighted by molar-refractivity contribution is 0.397. The predicted molar refractivity (Wildman–Crippen MR) is 59.5 cm³/mol. The van der Waals surface area contributed by atoms with Crippen molar-refractivity contribution in [3.8, 4) is 11.5 Å². The van der Waals surface area contributed by atoms with E-state index in [9.17, 15) is 0 Å². The van der Waals surface area contributed by atoms with Gasteiger partial charge < -0.3 is 10.3 Å². The van der Waals surface area contributed by atoms with Crippen molar-refractivity contribution in [1.29, 1.82) is 0 Å². The van der Waals surface area contributed by atoms with Crippen LogP contribution >= 0.6 is 0 Å². The van der Waals surface area contributed by atoms with Crippen LogP contribution in [0.25, 0.3) is 11.5 Å². The van der Waals surface area contributed by atoms with Gasteiger partial charge in [-0.15, -0.1) is 0 Å². The summed E-state index contributed by atoms with van der Waals surface area (Å²) < 4.78 is 5.18. The van der Waals surface area contributed by atoms with Crippen molar-refractivity contribution < 1.29 is 4.52 Å².